The molecule has 1 amide bonds. The van der Waals surface area contributed by atoms with E-state index >= 15 is 0 Å². The zero-order valence-electron chi connectivity index (χ0n) is 12.3. The van der Waals surface area contributed by atoms with E-state index in [0.717, 1.165) is 16.9 Å². The summed E-state index contributed by atoms with van der Waals surface area (Å²) < 4.78 is 1.90. The molecule has 4 rings (SSSR count). The number of nitrogens with zero attached hydrogens (tertiary/aromatic N) is 4. The first-order chi connectivity index (χ1) is 10.7. The van der Waals surface area contributed by atoms with Crippen molar-refractivity contribution in [3.63, 3.8) is 0 Å². The number of fused-ring (bicyclic) bond motifs is 1. The number of rotatable bonds is 2. The van der Waals surface area contributed by atoms with E-state index in [1.165, 1.54) is 0 Å². The summed E-state index contributed by atoms with van der Waals surface area (Å²) in [5.41, 5.74) is 3.47. The van der Waals surface area contributed by atoms with Crippen LogP contribution in [0.4, 0.5) is 0 Å². The molecule has 0 unspecified atom stereocenters. The number of amides is 1. The molecule has 4 heterocycles. The number of hydrogen-bond acceptors (Lipinski definition) is 3. The van der Waals surface area contributed by atoms with Gasteiger partial charge in [0.25, 0.3) is 5.91 Å². The summed E-state index contributed by atoms with van der Waals surface area (Å²) in [6, 6.07) is 9.86. The van der Waals surface area contributed by atoms with E-state index in [-0.39, 0.29) is 5.91 Å². The van der Waals surface area contributed by atoms with Crippen molar-refractivity contribution in [2.75, 3.05) is 13.1 Å². The van der Waals surface area contributed by atoms with Crippen LogP contribution in [-0.2, 0) is 0 Å². The van der Waals surface area contributed by atoms with Crippen LogP contribution < -0.4 is 0 Å². The standard InChI is InChI=1S/C17H16N4O/c1-12-5-4-8-20-11-15(19-16(12)20)17(22)21-9-13(10-21)14-6-2-3-7-18-14/h2-8,11,13H,9-10H2,1H3. The molecule has 1 aliphatic heterocycles. The number of aromatic nitrogens is 3. The second-order valence-corrected chi connectivity index (χ2v) is 5.71. The van der Waals surface area contributed by atoms with Gasteiger partial charge in [0.1, 0.15) is 11.3 Å². The second kappa shape index (κ2) is 4.94. The van der Waals surface area contributed by atoms with Gasteiger partial charge in [0, 0.05) is 43.3 Å². The quantitative estimate of drug-likeness (QED) is 0.728. The number of imidazole rings is 1. The van der Waals surface area contributed by atoms with Crippen molar-refractivity contribution in [1.82, 2.24) is 19.3 Å². The molecule has 5 heteroatoms. The number of hydrogen-bond donors (Lipinski definition) is 0. The highest BCUT2D eigenvalue weighted by molar-refractivity contribution is 5.93. The third-order valence-corrected chi connectivity index (χ3v) is 4.17. The molecule has 5 nitrogen and oxygen atoms in total. The van der Waals surface area contributed by atoms with Crippen molar-refractivity contribution < 1.29 is 4.79 Å². The maximum atomic E-state index is 12.5. The van der Waals surface area contributed by atoms with Crippen LogP contribution in [0.1, 0.15) is 27.7 Å². The van der Waals surface area contributed by atoms with E-state index in [2.05, 4.69) is 9.97 Å². The van der Waals surface area contributed by atoms with Gasteiger partial charge in [-0.2, -0.15) is 0 Å². The summed E-state index contributed by atoms with van der Waals surface area (Å²) >= 11 is 0. The van der Waals surface area contributed by atoms with Gasteiger partial charge in [-0.1, -0.05) is 12.1 Å². The maximum absolute atomic E-state index is 12.5. The lowest BCUT2D eigenvalue weighted by molar-refractivity contribution is 0.0593. The predicted molar refractivity (Wildman–Crippen MR) is 82.8 cm³/mol. The number of aryl methyl sites for hydroxylation is 1. The lowest BCUT2D eigenvalue weighted by atomic mass is 9.95. The van der Waals surface area contributed by atoms with Crippen molar-refractivity contribution in [2.24, 2.45) is 0 Å². The van der Waals surface area contributed by atoms with Crippen LogP contribution in [0.5, 0.6) is 0 Å². The van der Waals surface area contributed by atoms with Gasteiger partial charge in [-0.3, -0.25) is 9.78 Å². The van der Waals surface area contributed by atoms with Crippen LogP contribution in [-0.4, -0.2) is 38.3 Å². The maximum Gasteiger partial charge on any atom is 0.274 e. The fourth-order valence-corrected chi connectivity index (χ4v) is 2.87. The zero-order valence-corrected chi connectivity index (χ0v) is 12.3. The molecular formula is C17H16N4O. The fourth-order valence-electron chi connectivity index (χ4n) is 2.87. The monoisotopic (exact) mass is 292 g/mol. The topological polar surface area (TPSA) is 50.5 Å². The highest BCUT2D eigenvalue weighted by atomic mass is 16.2. The number of carbonyl (C=O) groups is 1. The molecule has 0 spiro atoms. The fraction of sp³-hybridized carbons (Fsp3) is 0.235. The Bertz CT molecular complexity index is 834. The smallest absolute Gasteiger partial charge is 0.274 e. The van der Waals surface area contributed by atoms with Gasteiger partial charge in [0.05, 0.1) is 0 Å². The Kier molecular flexibility index (Phi) is 2.92. The van der Waals surface area contributed by atoms with E-state index < -0.39 is 0 Å². The molecule has 0 saturated carbocycles. The molecule has 3 aromatic rings. The van der Waals surface area contributed by atoms with E-state index in [9.17, 15) is 4.79 Å². The molecule has 0 aromatic carbocycles. The number of pyridine rings is 2. The molecule has 1 saturated heterocycles. The van der Waals surface area contributed by atoms with Crippen molar-refractivity contribution in [2.45, 2.75) is 12.8 Å². The molecule has 0 radical (unpaired) electrons. The number of likely N-dealkylation sites (tertiary alicyclic amines) is 1. The summed E-state index contributed by atoms with van der Waals surface area (Å²) in [5.74, 6) is 0.333. The van der Waals surface area contributed by atoms with Crippen molar-refractivity contribution in [1.29, 1.82) is 0 Å². The SMILES string of the molecule is Cc1cccn2cc(C(=O)N3CC(c4ccccn4)C3)nc12. The first-order valence-corrected chi connectivity index (χ1v) is 7.37. The van der Waals surface area contributed by atoms with Crippen molar-refractivity contribution >= 4 is 11.6 Å². The summed E-state index contributed by atoms with van der Waals surface area (Å²) in [7, 11) is 0. The van der Waals surface area contributed by atoms with Gasteiger partial charge in [0.2, 0.25) is 0 Å². The van der Waals surface area contributed by atoms with E-state index in [4.69, 9.17) is 0 Å². The van der Waals surface area contributed by atoms with E-state index in [0.29, 0.717) is 24.7 Å². The van der Waals surface area contributed by atoms with Crippen LogP contribution >= 0.6 is 0 Å². The van der Waals surface area contributed by atoms with Gasteiger partial charge in [-0.15, -0.1) is 0 Å². The molecule has 0 aliphatic carbocycles. The van der Waals surface area contributed by atoms with Gasteiger partial charge >= 0.3 is 0 Å². The average Bonchev–Trinajstić information content (AvgIpc) is 2.92. The number of carbonyl (C=O) groups excluding carboxylic acids is 1. The first-order valence-electron chi connectivity index (χ1n) is 7.37. The Labute approximate surface area is 128 Å². The largest absolute Gasteiger partial charge is 0.336 e. The van der Waals surface area contributed by atoms with Crippen molar-refractivity contribution in [3.8, 4) is 0 Å². The Morgan fingerprint density at radius 3 is 2.82 bits per heavy atom. The summed E-state index contributed by atoms with van der Waals surface area (Å²) in [4.78, 5) is 23.2. The van der Waals surface area contributed by atoms with Crippen molar-refractivity contribution in [3.05, 3.63) is 65.9 Å². The normalized spacial score (nSPS) is 15.0. The third-order valence-electron chi connectivity index (χ3n) is 4.17. The highest BCUT2D eigenvalue weighted by Crippen LogP contribution is 2.26. The summed E-state index contributed by atoms with van der Waals surface area (Å²) in [6.45, 7) is 3.42. The van der Waals surface area contributed by atoms with Crippen LogP contribution in [0.3, 0.4) is 0 Å². The lowest BCUT2D eigenvalue weighted by Gasteiger charge is -2.38. The third kappa shape index (κ3) is 2.06. The minimum Gasteiger partial charge on any atom is -0.336 e. The molecule has 1 fully saturated rings. The van der Waals surface area contributed by atoms with E-state index in [1.807, 2.05) is 52.8 Å². The van der Waals surface area contributed by atoms with Gasteiger partial charge in [0.15, 0.2) is 0 Å². The Balaban J connectivity index is 1.52. The van der Waals surface area contributed by atoms with Crippen LogP contribution in [0.15, 0.2) is 48.9 Å². The van der Waals surface area contributed by atoms with Crippen LogP contribution in [0.25, 0.3) is 5.65 Å². The molecular weight excluding hydrogens is 276 g/mol. The molecule has 3 aromatic heterocycles. The minimum atomic E-state index is -0.00437. The summed E-state index contributed by atoms with van der Waals surface area (Å²) in [6.07, 6.45) is 5.52. The molecule has 0 bridgehead atoms. The van der Waals surface area contributed by atoms with Crippen LogP contribution in [0.2, 0.25) is 0 Å². The average molecular weight is 292 g/mol. The Morgan fingerprint density at radius 2 is 2.09 bits per heavy atom. The first kappa shape index (κ1) is 13.0. The lowest BCUT2D eigenvalue weighted by Crippen LogP contribution is -2.48. The Morgan fingerprint density at radius 1 is 1.23 bits per heavy atom. The van der Waals surface area contributed by atoms with Gasteiger partial charge in [-0.25, -0.2) is 4.98 Å². The molecule has 1 aliphatic rings. The predicted octanol–water partition coefficient (Wildman–Crippen LogP) is 2.28. The molecule has 22 heavy (non-hydrogen) atoms. The van der Waals surface area contributed by atoms with Crippen LogP contribution in [0, 0.1) is 6.92 Å². The molecule has 110 valence electrons. The Hall–Kier alpha value is -2.69. The minimum absolute atomic E-state index is 0.00437. The van der Waals surface area contributed by atoms with Gasteiger partial charge in [-0.05, 0) is 30.7 Å². The second-order valence-electron chi connectivity index (χ2n) is 5.71. The van der Waals surface area contributed by atoms with E-state index in [1.54, 1.807) is 12.4 Å². The summed E-state index contributed by atoms with van der Waals surface area (Å²) in [5, 5.41) is 0. The highest BCUT2D eigenvalue weighted by Gasteiger charge is 2.33. The van der Waals surface area contributed by atoms with Gasteiger partial charge < -0.3 is 9.30 Å². The zero-order chi connectivity index (χ0) is 15.1. The molecule has 0 atom stereocenters. The molecule has 0 N–H and O–H groups in total.